The first-order valence-electron chi connectivity index (χ1n) is 4.62. The predicted octanol–water partition coefficient (Wildman–Crippen LogP) is 1.66. The predicted molar refractivity (Wildman–Crippen MR) is 43.6 cm³/mol. The summed E-state index contributed by atoms with van der Waals surface area (Å²) in [6.07, 6.45) is 2.39. The van der Waals surface area contributed by atoms with Gasteiger partial charge in [0.25, 0.3) is 0 Å². The summed E-state index contributed by atoms with van der Waals surface area (Å²) in [6.45, 7) is 5.97. The molecule has 0 amide bonds. The Hall–Kier alpha value is -0.120. The average Bonchev–Trinajstić information content (AvgIpc) is 2.40. The summed E-state index contributed by atoms with van der Waals surface area (Å²) in [5.41, 5.74) is 0. The zero-order valence-corrected chi connectivity index (χ0v) is 7.87. The van der Waals surface area contributed by atoms with Crippen LogP contribution in [0.5, 0.6) is 0 Å². The molecule has 70 valence electrons. The second-order valence-corrected chi connectivity index (χ2v) is 3.94. The van der Waals surface area contributed by atoms with E-state index in [2.05, 4.69) is 6.92 Å². The van der Waals surface area contributed by atoms with Crippen LogP contribution in [0.4, 0.5) is 0 Å². The Balaban J connectivity index is 1.97. The summed E-state index contributed by atoms with van der Waals surface area (Å²) in [7, 11) is 0. The Morgan fingerprint density at radius 2 is 2.08 bits per heavy atom. The molecule has 3 atom stereocenters. The fourth-order valence-corrected chi connectivity index (χ4v) is 1.85. The molecule has 2 aliphatic heterocycles. The van der Waals surface area contributed by atoms with Crippen molar-refractivity contribution in [3.8, 4) is 0 Å². The molecule has 2 rings (SSSR count). The van der Waals surface area contributed by atoms with Crippen LogP contribution in [0, 0.1) is 0 Å². The number of fused-ring (bicyclic) bond motifs is 1. The molecule has 0 aromatic carbocycles. The molecule has 2 saturated heterocycles. The van der Waals surface area contributed by atoms with Gasteiger partial charge in [-0.1, -0.05) is 6.92 Å². The molecular weight excluding hydrogens is 156 g/mol. The highest BCUT2D eigenvalue weighted by Gasteiger charge is 2.47. The minimum atomic E-state index is -0.450. The van der Waals surface area contributed by atoms with Crippen molar-refractivity contribution in [2.45, 2.75) is 57.9 Å². The number of rotatable bonds is 1. The van der Waals surface area contributed by atoms with Crippen molar-refractivity contribution in [1.82, 2.24) is 0 Å². The van der Waals surface area contributed by atoms with E-state index in [0.29, 0.717) is 6.10 Å². The molecule has 1 unspecified atom stereocenters. The topological polar surface area (TPSA) is 27.7 Å². The molecular formula is C9H16O3. The molecule has 2 fully saturated rings. The second kappa shape index (κ2) is 2.69. The van der Waals surface area contributed by atoms with Gasteiger partial charge < -0.3 is 14.2 Å². The third-order valence-electron chi connectivity index (χ3n) is 2.42. The van der Waals surface area contributed by atoms with Gasteiger partial charge in [-0.05, 0) is 20.3 Å². The first-order chi connectivity index (χ1) is 5.61. The zero-order valence-electron chi connectivity index (χ0n) is 7.87. The molecule has 0 aliphatic carbocycles. The highest BCUT2D eigenvalue weighted by molar-refractivity contribution is 4.84. The van der Waals surface area contributed by atoms with E-state index in [1.165, 1.54) is 0 Å². The van der Waals surface area contributed by atoms with Crippen molar-refractivity contribution < 1.29 is 14.2 Å². The van der Waals surface area contributed by atoms with Gasteiger partial charge >= 0.3 is 0 Å². The van der Waals surface area contributed by atoms with Crippen molar-refractivity contribution in [2.24, 2.45) is 0 Å². The monoisotopic (exact) mass is 172 g/mol. The molecule has 2 heterocycles. The minimum Gasteiger partial charge on any atom is -0.346 e. The third kappa shape index (κ3) is 1.37. The van der Waals surface area contributed by atoms with Crippen LogP contribution in [0.3, 0.4) is 0 Å². The van der Waals surface area contributed by atoms with Gasteiger partial charge in [-0.25, -0.2) is 0 Å². The van der Waals surface area contributed by atoms with Crippen LogP contribution in [0.25, 0.3) is 0 Å². The first-order valence-corrected chi connectivity index (χ1v) is 4.62. The molecule has 12 heavy (non-hydrogen) atoms. The summed E-state index contributed by atoms with van der Waals surface area (Å²) in [6, 6.07) is 0. The summed E-state index contributed by atoms with van der Waals surface area (Å²) >= 11 is 0. The maximum Gasteiger partial charge on any atom is 0.187 e. The SMILES string of the molecule is CC[C@@H]1CC2OC(C)(C)O[C@@H]2O1. The third-order valence-corrected chi connectivity index (χ3v) is 2.42. The fraction of sp³-hybridized carbons (Fsp3) is 1.00. The van der Waals surface area contributed by atoms with Gasteiger partial charge in [0.1, 0.15) is 6.10 Å². The lowest BCUT2D eigenvalue weighted by Crippen LogP contribution is -2.24. The molecule has 2 aliphatic rings. The Kier molecular flexibility index (Phi) is 1.90. The van der Waals surface area contributed by atoms with Gasteiger partial charge in [0.2, 0.25) is 0 Å². The summed E-state index contributed by atoms with van der Waals surface area (Å²) in [5, 5.41) is 0. The molecule has 0 aromatic rings. The van der Waals surface area contributed by atoms with E-state index in [0.717, 1.165) is 12.8 Å². The number of hydrogen-bond donors (Lipinski definition) is 0. The van der Waals surface area contributed by atoms with Crippen molar-refractivity contribution in [1.29, 1.82) is 0 Å². The molecule has 0 saturated carbocycles. The van der Waals surface area contributed by atoms with Crippen molar-refractivity contribution in [3.63, 3.8) is 0 Å². The fourth-order valence-electron chi connectivity index (χ4n) is 1.85. The van der Waals surface area contributed by atoms with Gasteiger partial charge in [-0.3, -0.25) is 0 Å². The molecule has 0 aromatic heterocycles. The standard InChI is InChI=1S/C9H16O3/c1-4-6-5-7-8(10-6)12-9(2,3)11-7/h6-8H,4-5H2,1-3H3/t6-,7?,8+/m1/s1. The second-order valence-electron chi connectivity index (χ2n) is 3.94. The van der Waals surface area contributed by atoms with Crippen molar-refractivity contribution in [2.75, 3.05) is 0 Å². The van der Waals surface area contributed by atoms with Crippen LogP contribution in [-0.4, -0.2) is 24.3 Å². The number of hydrogen-bond acceptors (Lipinski definition) is 3. The Morgan fingerprint density at radius 1 is 1.33 bits per heavy atom. The van der Waals surface area contributed by atoms with Crippen molar-refractivity contribution in [3.05, 3.63) is 0 Å². The zero-order chi connectivity index (χ0) is 8.77. The molecule has 0 radical (unpaired) electrons. The molecule has 0 spiro atoms. The molecule has 3 heteroatoms. The van der Waals surface area contributed by atoms with Crippen LogP contribution in [0.1, 0.15) is 33.6 Å². The van der Waals surface area contributed by atoms with E-state index < -0.39 is 5.79 Å². The van der Waals surface area contributed by atoms with E-state index in [9.17, 15) is 0 Å². The summed E-state index contributed by atoms with van der Waals surface area (Å²) in [5.74, 6) is -0.450. The number of ether oxygens (including phenoxy) is 3. The maximum atomic E-state index is 5.66. The molecule has 3 nitrogen and oxygen atoms in total. The van der Waals surface area contributed by atoms with Gasteiger partial charge in [-0.15, -0.1) is 0 Å². The molecule has 0 N–H and O–H groups in total. The lowest BCUT2D eigenvalue weighted by molar-refractivity contribution is -0.204. The minimum absolute atomic E-state index is 0.120. The van der Waals surface area contributed by atoms with Crippen LogP contribution in [0.2, 0.25) is 0 Å². The van der Waals surface area contributed by atoms with Gasteiger partial charge in [0.05, 0.1) is 6.10 Å². The van der Waals surface area contributed by atoms with E-state index in [1.807, 2.05) is 13.8 Å². The van der Waals surface area contributed by atoms with Gasteiger partial charge in [0, 0.05) is 6.42 Å². The normalized spacial score (nSPS) is 44.8. The Morgan fingerprint density at radius 3 is 2.67 bits per heavy atom. The van der Waals surface area contributed by atoms with Gasteiger partial charge in [-0.2, -0.15) is 0 Å². The van der Waals surface area contributed by atoms with E-state index in [4.69, 9.17) is 14.2 Å². The lowest BCUT2D eigenvalue weighted by Gasteiger charge is -2.19. The Bertz CT molecular complexity index is 163. The molecule has 0 bridgehead atoms. The van der Waals surface area contributed by atoms with Crippen LogP contribution in [-0.2, 0) is 14.2 Å². The Labute approximate surface area is 73.0 Å². The smallest absolute Gasteiger partial charge is 0.187 e. The average molecular weight is 172 g/mol. The van der Waals surface area contributed by atoms with E-state index in [-0.39, 0.29) is 12.4 Å². The van der Waals surface area contributed by atoms with E-state index in [1.54, 1.807) is 0 Å². The van der Waals surface area contributed by atoms with E-state index >= 15 is 0 Å². The highest BCUT2D eigenvalue weighted by atomic mass is 16.8. The summed E-state index contributed by atoms with van der Waals surface area (Å²) in [4.78, 5) is 0. The van der Waals surface area contributed by atoms with Crippen LogP contribution >= 0.6 is 0 Å². The van der Waals surface area contributed by atoms with Crippen molar-refractivity contribution >= 4 is 0 Å². The largest absolute Gasteiger partial charge is 0.346 e. The summed E-state index contributed by atoms with van der Waals surface area (Å²) < 4.78 is 16.8. The van der Waals surface area contributed by atoms with Crippen LogP contribution < -0.4 is 0 Å². The van der Waals surface area contributed by atoms with Gasteiger partial charge in [0.15, 0.2) is 12.1 Å². The highest BCUT2D eigenvalue weighted by Crippen LogP contribution is 2.37. The quantitative estimate of drug-likeness (QED) is 0.602. The lowest BCUT2D eigenvalue weighted by atomic mass is 10.2. The van der Waals surface area contributed by atoms with Crippen LogP contribution in [0.15, 0.2) is 0 Å². The first kappa shape index (κ1) is 8.48. The maximum absolute atomic E-state index is 5.66.